The predicted octanol–water partition coefficient (Wildman–Crippen LogP) is 1.56. The van der Waals surface area contributed by atoms with E-state index in [4.69, 9.17) is 0 Å². The van der Waals surface area contributed by atoms with Crippen LogP contribution in [0.4, 0.5) is 0 Å². The predicted molar refractivity (Wildman–Crippen MR) is 87.5 cm³/mol. The summed E-state index contributed by atoms with van der Waals surface area (Å²) in [6.07, 6.45) is 8.76. The zero-order chi connectivity index (χ0) is 15.4. The molecule has 5 nitrogen and oxygen atoms in total. The lowest BCUT2D eigenvalue weighted by Crippen LogP contribution is -2.51. The number of aryl methyl sites for hydroxylation is 1. The molecule has 1 fully saturated rings. The Bertz CT molecular complexity index is 580. The monoisotopic (exact) mass is 299 g/mol. The van der Waals surface area contributed by atoms with E-state index < -0.39 is 0 Å². The lowest BCUT2D eigenvalue weighted by atomic mass is 10.1. The molecule has 3 heterocycles. The van der Waals surface area contributed by atoms with Crippen LogP contribution in [0.5, 0.6) is 0 Å². The zero-order valence-electron chi connectivity index (χ0n) is 13.5. The van der Waals surface area contributed by atoms with Gasteiger partial charge < -0.3 is 9.47 Å². The molecule has 3 rings (SSSR count). The smallest absolute Gasteiger partial charge is 0.122 e. The number of nitrogens with zero attached hydrogens (tertiary/aromatic N) is 5. The molecule has 0 saturated carbocycles. The van der Waals surface area contributed by atoms with Crippen molar-refractivity contribution in [2.75, 3.05) is 26.2 Å². The number of hydrogen-bond donors (Lipinski definition) is 0. The van der Waals surface area contributed by atoms with E-state index in [9.17, 15) is 0 Å². The fourth-order valence-corrected chi connectivity index (χ4v) is 3.08. The van der Waals surface area contributed by atoms with E-state index >= 15 is 0 Å². The van der Waals surface area contributed by atoms with Crippen molar-refractivity contribution < 1.29 is 0 Å². The third kappa shape index (κ3) is 3.72. The Morgan fingerprint density at radius 1 is 1.18 bits per heavy atom. The molecule has 0 aliphatic carbocycles. The van der Waals surface area contributed by atoms with Crippen LogP contribution < -0.4 is 0 Å². The molecule has 22 heavy (non-hydrogen) atoms. The van der Waals surface area contributed by atoms with Crippen LogP contribution in [0.15, 0.2) is 36.9 Å². The standard InChI is InChI=1S/C17H25N5/c1-15-13-21(9-5-16-3-6-18-7-4-16)11-12-22(15)14-17-19-8-10-20(17)2/h3-4,6-8,10,15H,5,9,11-14H2,1-2H3/t15-/m0/s1. The Hall–Kier alpha value is -1.72. The van der Waals surface area contributed by atoms with Gasteiger partial charge in [-0.2, -0.15) is 0 Å². The van der Waals surface area contributed by atoms with E-state index in [1.165, 1.54) is 5.56 Å². The van der Waals surface area contributed by atoms with Gasteiger partial charge >= 0.3 is 0 Å². The minimum Gasteiger partial charge on any atom is -0.337 e. The highest BCUT2D eigenvalue weighted by Crippen LogP contribution is 2.13. The molecule has 5 heteroatoms. The van der Waals surface area contributed by atoms with E-state index in [-0.39, 0.29) is 0 Å². The van der Waals surface area contributed by atoms with Gasteiger partial charge in [0, 0.05) is 64.1 Å². The van der Waals surface area contributed by atoms with Crippen molar-refractivity contribution in [3.63, 3.8) is 0 Å². The molecular weight excluding hydrogens is 274 g/mol. The highest BCUT2D eigenvalue weighted by Gasteiger charge is 2.24. The summed E-state index contributed by atoms with van der Waals surface area (Å²) in [7, 11) is 2.07. The maximum atomic E-state index is 4.44. The molecule has 0 amide bonds. The van der Waals surface area contributed by atoms with Gasteiger partial charge in [-0.25, -0.2) is 4.98 Å². The van der Waals surface area contributed by atoms with Gasteiger partial charge in [-0.3, -0.25) is 9.88 Å². The van der Waals surface area contributed by atoms with Gasteiger partial charge in [0.1, 0.15) is 5.82 Å². The third-order valence-corrected chi connectivity index (χ3v) is 4.58. The molecule has 1 aliphatic heterocycles. The van der Waals surface area contributed by atoms with Crippen molar-refractivity contribution >= 4 is 0 Å². The first kappa shape index (κ1) is 15.2. The minimum absolute atomic E-state index is 0.572. The zero-order valence-corrected chi connectivity index (χ0v) is 13.5. The molecule has 0 bridgehead atoms. The molecule has 0 N–H and O–H groups in total. The average Bonchev–Trinajstić information content (AvgIpc) is 2.94. The first-order chi connectivity index (χ1) is 10.7. The quantitative estimate of drug-likeness (QED) is 0.840. The summed E-state index contributed by atoms with van der Waals surface area (Å²) >= 11 is 0. The number of imidazole rings is 1. The molecule has 0 aromatic carbocycles. The second-order valence-corrected chi connectivity index (χ2v) is 6.18. The van der Waals surface area contributed by atoms with E-state index in [0.717, 1.165) is 45.0 Å². The summed E-state index contributed by atoms with van der Waals surface area (Å²) in [5.74, 6) is 1.15. The van der Waals surface area contributed by atoms with Gasteiger partial charge in [0.15, 0.2) is 0 Å². The lowest BCUT2D eigenvalue weighted by Gasteiger charge is -2.39. The Labute approximate surface area is 132 Å². The number of aromatic nitrogens is 3. The first-order valence-electron chi connectivity index (χ1n) is 8.04. The van der Waals surface area contributed by atoms with E-state index in [2.05, 4.69) is 50.4 Å². The van der Waals surface area contributed by atoms with Crippen LogP contribution in [0, 0.1) is 0 Å². The molecule has 1 atom stereocenters. The van der Waals surface area contributed by atoms with Crippen molar-refractivity contribution in [3.05, 3.63) is 48.3 Å². The van der Waals surface area contributed by atoms with E-state index in [1.54, 1.807) is 0 Å². The van der Waals surface area contributed by atoms with Crippen LogP contribution in [-0.2, 0) is 20.0 Å². The van der Waals surface area contributed by atoms with Crippen LogP contribution in [0.2, 0.25) is 0 Å². The first-order valence-corrected chi connectivity index (χ1v) is 8.04. The van der Waals surface area contributed by atoms with Crippen molar-refractivity contribution in [2.24, 2.45) is 7.05 Å². The second-order valence-electron chi connectivity index (χ2n) is 6.18. The molecule has 2 aromatic rings. The highest BCUT2D eigenvalue weighted by molar-refractivity contribution is 5.10. The lowest BCUT2D eigenvalue weighted by molar-refractivity contribution is 0.0758. The average molecular weight is 299 g/mol. The van der Waals surface area contributed by atoms with E-state index in [0.29, 0.717) is 6.04 Å². The van der Waals surface area contributed by atoms with Crippen LogP contribution in [0.1, 0.15) is 18.3 Å². The summed E-state index contributed by atoms with van der Waals surface area (Å²) in [6, 6.07) is 4.80. The van der Waals surface area contributed by atoms with Crippen molar-refractivity contribution in [1.29, 1.82) is 0 Å². The van der Waals surface area contributed by atoms with Crippen molar-refractivity contribution in [3.8, 4) is 0 Å². The Kier molecular flexibility index (Phi) is 4.85. The largest absolute Gasteiger partial charge is 0.337 e. The van der Waals surface area contributed by atoms with E-state index in [1.807, 2.05) is 24.8 Å². The summed E-state index contributed by atoms with van der Waals surface area (Å²) in [4.78, 5) is 13.6. The van der Waals surface area contributed by atoms with Gasteiger partial charge in [0.2, 0.25) is 0 Å². The summed E-state index contributed by atoms with van der Waals surface area (Å²) in [5.41, 5.74) is 1.37. The topological polar surface area (TPSA) is 37.2 Å². The van der Waals surface area contributed by atoms with Crippen molar-refractivity contribution in [2.45, 2.75) is 25.9 Å². The fraction of sp³-hybridized carbons (Fsp3) is 0.529. The number of piperazine rings is 1. The molecule has 2 aromatic heterocycles. The van der Waals surface area contributed by atoms with Gasteiger partial charge in [0.05, 0.1) is 6.54 Å². The van der Waals surface area contributed by atoms with Crippen LogP contribution in [0.3, 0.4) is 0 Å². The summed E-state index contributed by atoms with van der Waals surface area (Å²) < 4.78 is 2.11. The van der Waals surface area contributed by atoms with Gasteiger partial charge in [-0.1, -0.05) is 0 Å². The normalized spacial score (nSPS) is 20.4. The van der Waals surface area contributed by atoms with Crippen LogP contribution >= 0.6 is 0 Å². The minimum atomic E-state index is 0.572. The molecule has 0 unspecified atom stereocenters. The van der Waals surface area contributed by atoms with Gasteiger partial charge in [-0.15, -0.1) is 0 Å². The molecule has 0 spiro atoms. The summed E-state index contributed by atoms with van der Waals surface area (Å²) in [6.45, 7) is 7.79. The second kappa shape index (κ2) is 7.03. The number of rotatable bonds is 5. The highest BCUT2D eigenvalue weighted by atomic mass is 15.3. The van der Waals surface area contributed by atoms with Crippen LogP contribution in [-0.4, -0.2) is 56.6 Å². The van der Waals surface area contributed by atoms with Crippen molar-refractivity contribution in [1.82, 2.24) is 24.3 Å². The number of hydrogen-bond acceptors (Lipinski definition) is 4. The van der Waals surface area contributed by atoms with Gasteiger partial charge in [0.25, 0.3) is 0 Å². The molecule has 0 radical (unpaired) electrons. The summed E-state index contributed by atoms with van der Waals surface area (Å²) in [5, 5.41) is 0. The molecule has 1 saturated heterocycles. The molecule has 1 aliphatic rings. The number of pyridine rings is 1. The maximum Gasteiger partial charge on any atom is 0.122 e. The molecular formula is C17H25N5. The third-order valence-electron chi connectivity index (χ3n) is 4.58. The fourth-order valence-electron chi connectivity index (χ4n) is 3.08. The Morgan fingerprint density at radius 2 is 2.00 bits per heavy atom. The maximum absolute atomic E-state index is 4.44. The molecule has 118 valence electrons. The Balaban J connectivity index is 1.48. The van der Waals surface area contributed by atoms with Gasteiger partial charge in [-0.05, 0) is 31.0 Å². The SMILES string of the molecule is C[C@H]1CN(CCc2ccncc2)CCN1Cc1nccn1C. The Morgan fingerprint density at radius 3 is 2.68 bits per heavy atom. The van der Waals surface area contributed by atoms with Crippen LogP contribution in [0.25, 0.3) is 0 Å².